The number of hydrogen-bond donors (Lipinski definition) is 3. The molecule has 1 aromatic heterocycles. The number of carbonyl (C=O) groups excluding carboxylic acids is 1. The highest BCUT2D eigenvalue weighted by molar-refractivity contribution is 5.92. The number of amides is 1. The molecule has 2 aromatic carbocycles. The normalized spacial score (nSPS) is 11.4. The highest BCUT2D eigenvalue weighted by Crippen LogP contribution is 2.32. The lowest BCUT2D eigenvalue weighted by molar-refractivity contribution is -0.141. The molecule has 10 heteroatoms. The molecule has 0 unspecified atom stereocenters. The lowest BCUT2D eigenvalue weighted by atomic mass is 10.0. The first-order valence-electron chi connectivity index (χ1n) is 9.39. The number of halogens is 5. The molecule has 3 aromatic rings. The second kappa shape index (κ2) is 9.48. The van der Waals surface area contributed by atoms with Crippen molar-refractivity contribution >= 4 is 17.7 Å². The summed E-state index contributed by atoms with van der Waals surface area (Å²) in [6.45, 7) is -0.100. The van der Waals surface area contributed by atoms with Gasteiger partial charge < -0.3 is 11.1 Å². The fourth-order valence-electron chi connectivity index (χ4n) is 2.92. The number of benzene rings is 2. The number of nitrogens with one attached hydrogen (secondary N) is 2. The Balaban J connectivity index is 1.83. The average Bonchev–Trinajstić information content (AvgIpc) is 2.77. The van der Waals surface area contributed by atoms with Gasteiger partial charge in [-0.15, -0.1) is 0 Å². The van der Waals surface area contributed by atoms with Gasteiger partial charge in [-0.05, 0) is 42.0 Å². The fraction of sp³-hybridized carbons (Fsp3) is 0.0870. The van der Waals surface area contributed by atoms with Crippen LogP contribution in [0.3, 0.4) is 0 Å². The van der Waals surface area contributed by atoms with Crippen molar-refractivity contribution in [1.29, 1.82) is 0 Å². The standard InChI is InChI=1S/C23H15F5N4O/c24-17-3-1-2-15(10-17)22-14(4-6-19(32-22)23(26,27)28)5-7-20(33)31-12-13-8-16(11-29)21(30)18(25)9-13/h1-10H,12,30H2,(H,31,33)/p+1/b7-5+. The number of rotatable bonds is 5. The van der Waals surface area contributed by atoms with Crippen LogP contribution in [0.25, 0.3) is 17.3 Å². The number of pyridine rings is 1. The quantitative estimate of drug-likeness (QED) is 0.311. The molecule has 0 saturated carbocycles. The SMILES string of the molecule is [NH+]#Cc1cc(CNC(=O)/C=C/c2ccc(C(F)(F)F)nc2-c2cccc(F)c2)cc(F)c1N. The number of aromatic nitrogens is 1. The molecule has 0 spiro atoms. The first kappa shape index (κ1) is 23.4. The maximum absolute atomic E-state index is 13.8. The Morgan fingerprint density at radius 2 is 1.91 bits per heavy atom. The topological polar surface area (TPSA) is 91.8 Å². The van der Waals surface area contributed by atoms with E-state index < -0.39 is 29.4 Å². The van der Waals surface area contributed by atoms with Crippen LogP contribution < -0.4 is 16.3 Å². The van der Waals surface area contributed by atoms with E-state index in [1.165, 1.54) is 24.3 Å². The van der Waals surface area contributed by atoms with Crippen LogP contribution >= 0.6 is 0 Å². The number of carbonyl (C=O) groups is 1. The van der Waals surface area contributed by atoms with E-state index in [-0.39, 0.29) is 34.6 Å². The fourth-order valence-corrected chi connectivity index (χ4v) is 2.92. The predicted octanol–water partition coefficient (Wildman–Crippen LogP) is 3.08. The van der Waals surface area contributed by atoms with E-state index in [0.29, 0.717) is 5.56 Å². The van der Waals surface area contributed by atoms with Crippen molar-refractivity contribution in [1.82, 2.24) is 10.3 Å². The third-order valence-electron chi connectivity index (χ3n) is 4.52. The van der Waals surface area contributed by atoms with Crippen LogP contribution in [0.1, 0.15) is 22.4 Å². The number of alkyl halides is 3. The summed E-state index contributed by atoms with van der Waals surface area (Å²) in [5.74, 6) is -2.04. The van der Waals surface area contributed by atoms with Crippen molar-refractivity contribution in [3.8, 4) is 17.3 Å². The van der Waals surface area contributed by atoms with Crippen molar-refractivity contribution in [2.75, 3.05) is 5.73 Å². The number of hydrogen-bond acceptors (Lipinski definition) is 3. The molecule has 0 aliphatic carbocycles. The van der Waals surface area contributed by atoms with Gasteiger partial charge in [0.2, 0.25) is 5.91 Å². The van der Waals surface area contributed by atoms with E-state index in [0.717, 1.165) is 36.4 Å². The zero-order chi connectivity index (χ0) is 24.2. The van der Waals surface area contributed by atoms with Crippen LogP contribution in [0.2, 0.25) is 0 Å². The number of nitrogens with zero attached hydrogens (tertiary/aromatic N) is 1. The van der Waals surface area contributed by atoms with E-state index in [2.05, 4.69) is 10.3 Å². The van der Waals surface area contributed by atoms with Gasteiger partial charge in [-0.2, -0.15) is 13.2 Å². The second-order valence-corrected chi connectivity index (χ2v) is 6.86. The molecule has 0 atom stereocenters. The molecule has 1 heterocycles. The van der Waals surface area contributed by atoms with E-state index in [9.17, 15) is 26.7 Å². The maximum Gasteiger partial charge on any atom is 0.433 e. The summed E-state index contributed by atoms with van der Waals surface area (Å²) in [5, 5.41) is 9.61. The van der Waals surface area contributed by atoms with Crippen LogP contribution in [-0.2, 0) is 17.5 Å². The molecule has 0 radical (unpaired) electrons. The van der Waals surface area contributed by atoms with Gasteiger partial charge in [-0.1, -0.05) is 23.5 Å². The third-order valence-corrected chi connectivity index (χ3v) is 4.52. The molecule has 0 aliphatic heterocycles. The monoisotopic (exact) mass is 459 g/mol. The zero-order valence-corrected chi connectivity index (χ0v) is 16.8. The minimum atomic E-state index is -4.71. The average molecular weight is 459 g/mol. The molecule has 168 valence electrons. The number of anilines is 1. The Kier molecular flexibility index (Phi) is 6.72. The molecule has 5 nitrogen and oxygen atoms in total. The highest BCUT2D eigenvalue weighted by Gasteiger charge is 2.33. The molecule has 0 fully saturated rings. The highest BCUT2D eigenvalue weighted by atomic mass is 19.4. The molecule has 33 heavy (non-hydrogen) atoms. The Bertz CT molecular complexity index is 1280. The molecular weight excluding hydrogens is 443 g/mol. The van der Waals surface area contributed by atoms with Crippen molar-refractivity contribution < 1.29 is 32.0 Å². The van der Waals surface area contributed by atoms with Crippen LogP contribution in [-0.4, -0.2) is 10.9 Å². The molecule has 4 N–H and O–H groups in total. The summed E-state index contributed by atoms with van der Waals surface area (Å²) in [6, 6.07) is 11.3. The molecule has 0 saturated heterocycles. The van der Waals surface area contributed by atoms with Crippen molar-refractivity contribution in [2.24, 2.45) is 0 Å². The van der Waals surface area contributed by atoms with Gasteiger partial charge >= 0.3 is 12.2 Å². The third kappa shape index (κ3) is 5.71. The first-order chi connectivity index (χ1) is 15.6. The lowest BCUT2D eigenvalue weighted by Gasteiger charge is -2.11. The van der Waals surface area contributed by atoms with Gasteiger partial charge in [0, 0.05) is 23.7 Å². The van der Waals surface area contributed by atoms with E-state index in [4.69, 9.17) is 11.0 Å². The molecule has 1 amide bonds. The second-order valence-electron chi connectivity index (χ2n) is 6.86. The van der Waals surface area contributed by atoms with Crippen LogP contribution in [0.15, 0.2) is 54.6 Å². The molecule has 0 bridgehead atoms. The lowest BCUT2D eigenvalue weighted by Crippen LogP contribution is -2.21. The molecular formula is C23H16F5N4O+. The van der Waals surface area contributed by atoms with Gasteiger partial charge in [0.25, 0.3) is 0 Å². The Morgan fingerprint density at radius 1 is 1.15 bits per heavy atom. The summed E-state index contributed by atoms with van der Waals surface area (Å²) in [4.78, 5) is 15.8. The predicted molar refractivity (Wildman–Crippen MR) is 110 cm³/mol. The van der Waals surface area contributed by atoms with E-state index in [1.807, 2.05) is 6.07 Å². The minimum Gasteiger partial charge on any atom is -0.395 e. The van der Waals surface area contributed by atoms with E-state index in [1.54, 1.807) is 0 Å². The largest absolute Gasteiger partial charge is 0.433 e. The van der Waals surface area contributed by atoms with Crippen molar-refractivity contribution in [3.63, 3.8) is 0 Å². The summed E-state index contributed by atoms with van der Waals surface area (Å²) in [5.41, 5.74) is 4.56. The van der Waals surface area contributed by atoms with Crippen LogP contribution in [0, 0.1) is 17.7 Å². The first-order valence-corrected chi connectivity index (χ1v) is 9.39. The van der Waals surface area contributed by atoms with Gasteiger partial charge in [0.05, 0.1) is 11.4 Å². The van der Waals surface area contributed by atoms with Crippen LogP contribution in [0.5, 0.6) is 0 Å². The van der Waals surface area contributed by atoms with Gasteiger partial charge in [-0.25, -0.2) is 13.8 Å². The minimum absolute atomic E-state index is 0.0327. The van der Waals surface area contributed by atoms with Crippen LogP contribution in [0.4, 0.5) is 27.6 Å². The summed E-state index contributed by atoms with van der Waals surface area (Å²) in [6.07, 6.45) is -2.41. The zero-order valence-electron chi connectivity index (χ0n) is 16.8. The summed E-state index contributed by atoms with van der Waals surface area (Å²) in [7, 11) is 0. The van der Waals surface area contributed by atoms with Gasteiger partial charge in [-0.3, -0.25) is 4.79 Å². The smallest absolute Gasteiger partial charge is 0.395 e. The van der Waals surface area contributed by atoms with Gasteiger partial charge in [0.15, 0.2) is 0 Å². The summed E-state index contributed by atoms with van der Waals surface area (Å²) >= 11 is 0. The van der Waals surface area contributed by atoms with Gasteiger partial charge in [0.1, 0.15) is 22.9 Å². The number of nitrogens with two attached hydrogens (primary N) is 1. The Hall–Kier alpha value is -4.26. The van der Waals surface area contributed by atoms with E-state index >= 15 is 0 Å². The van der Waals surface area contributed by atoms with Crippen molar-refractivity contribution in [2.45, 2.75) is 12.7 Å². The Labute approximate surface area is 185 Å². The maximum atomic E-state index is 13.8. The number of nitrogen functional groups attached to an aromatic ring is 1. The molecule has 0 aliphatic rings. The summed E-state index contributed by atoms with van der Waals surface area (Å²) < 4.78 is 66.7. The molecule has 3 rings (SSSR count). The van der Waals surface area contributed by atoms with Crippen molar-refractivity contribution in [3.05, 3.63) is 88.6 Å². The Morgan fingerprint density at radius 3 is 2.58 bits per heavy atom.